The van der Waals surface area contributed by atoms with Crippen LogP contribution in [0.3, 0.4) is 0 Å². The summed E-state index contributed by atoms with van der Waals surface area (Å²) in [6.45, 7) is 3.93. The normalized spacial score (nSPS) is 10.8. The van der Waals surface area contributed by atoms with Gasteiger partial charge in [0, 0.05) is 32.9 Å². The lowest BCUT2D eigenvalue weighted by Gasteiger charge is -2.14. The minimum Gasteiger partial charge on any atom is -0.357 e. The molecule has 152 valence electrons. The van der Waals surface area contributed by atoms with E-state index in [4.69, 9.17) is 0 Å². The quantitative estimate of drug-likeness (QED) is 0.347. The lowest BCUT2D eigenvalue weighted by Crippen LogP contribution is -2.42. The third-order valence-electron chi connectivity index (χ3n) is 3.94. The van der Waals surface area contributed by atoms with Gasteiger partial charge in [-0.2, -0.15) is 0 Å². The molecular weight excluding hydrogens is 469 g/mol. The van der Waals surface area contributed by atoms with Gasteiger partial charge in [-0.1, -0.05) is 30.3 Å². The van der Waals surface area contributed by atoms with Gasteiger partial charge in [0.15, 0.2) is 5.96 Å². The molecule has 0 aliphatic carbocycles. The van der Waals surface area contributed by atoms with Gasteiger partial charge in [-0.25, -0.2) is 4.99 Å². The highest BCUT2D eigenvalue weighted by Gasteiger charge is 2.05. The van der Waals surface area contributed by atoms with E-state index >= 15 is 0 Å². The van der Waals surface area contributed by atoms with Crippen LogP contribution in [0, 0.1) is 0 Å². The predicted molar refractivity (Wildman–Crippen MR) is 123 cm³/mol. The molecule has 0 aliphatic rings. The molecule has 1 heterocycles. The topological polar surface area (TPSA) is 78.7 Å². The van der Waals surface area contributed by atoms with Crippen LogP contribution in [0.2, 0.25) is 0 Å². The fourth-order valence-corrected chi connectivity index (χ4v) is 2.37. The maximum Gasteiger partial charge on any atom is 0.250 e. The minimum absolute atomic E-state index is 0. The molecule has 0 spiro atoms. The summed E-state index contributed by atoms with van der Waals surface area (Å²) in [5.41, 5.74) is 2.09. The van der Waals surface area contributed by atoms with Crippen molar-refractivity contribution < 1.29 is 4.79 Å². The third-order valence-corrected chi connectivity index (χ3v) is 3.94. The van der Waals surface area contributed by atoms with E-state index in [0.717, 1.165) is 11.1 Å². The van der Waals surface area contributed by atoms with Crippen LogP contribution in [0.1, 0.15) is 18.1 Å². The SMILES string of the molecule is CCNC(=NCc1ccc(Cn2ccccc2=O)cc1)NCC(=O)N(C)C.I. The number of nitrogens with zero attached hydrogens (tertiary/aromatic N) is 3. The fraction of sp³-hybridized carbons (Fsp3) is 0.350. The summed E-state index contributed by atoms with van der Waals surface area (Å²) in [5, 5.41) is 6.16. The average Bonchev–Trinajstić information content (AvgIpc) is 2.66. The van der Waals surface area contributed by atoms with Crippen LogP contribution >= 0.6 is 24.0 Å². The zero-order valence-corrected chi connectivity index (χ0v) is 18.8. The Morgan fingerprint density at radius 3 is 2.36 bits per heavy atom. The molecule has 7 nitrogen and oxygen atoms in total. The van der Waals surface area contributed by atoms with E-state index in [-0.39, 0.29) is 42.0 Å². The number of hydrogen-bond acceptors (Lipinski definition) is 3. The van der Waals surface area contributed by atoms with Gasteiger partial charge in [0.1, 0.15) is 0 Å². The molecule has 1 aromatic heterocycles. The first-order valence-electron chi connectivity index (χ1n) is 8.95. The van der Waals surface area contributed by atoms with E-state index in [1.807, 2.05) is 37.3 Å². The first kappa shape index (κ1) is 23.7. The van der Waals surface area contributed by atoms with Crippen molar-refractivity contribution in [1.82, 2.24) is 20.1 Å². The first-order valence-corrected chi connectivity index (χ1v) is 8.95. The van der Waals surface area contributed by atoms with Gasteiger partial charge < -0.3 is 20.1 Å². The molecule has 1 amide bonds. The van der Waals surface area contributed by atoms with Crippen molar-refractivity contribution in [3.63, 3.8) is 0 Å². The Hall–Kier alpha value is -2.36. The molecule has 28 heavy (non-hydrogen) atoms. The van der Waals surface area contributed by atoms with E-state index in [9.17, 15) is 9.59 Å². The van der Waals surface area contributed by atoms with Gasteiger partial charge in [0.05, 0.1) is 19.6 Å². The summed E-state index contributed by atoms with van der Waals surface area (Å²) >= 11 is 0. The number of aliphatic imine (C=N–C) groups is 1. The van der Waals surface area contributed by atoms with Gasteiger partial charge in [0.2, 0.25) is 5.91 Å². The number of carbonyl (C=O) groups is 1. The number of benzene rings is 1. The minimum atomic E-state index is -0.0141. The number of guanidine groups is 1. The molecule has 0 aliphatic heterocycles. The molecule has 2 aromatic rings. The molecule has 0 fully saturated rings. The third kappa shape index (κ3) is 7.71. The monoisotopic (exact) mass is 497 g/mol. The second-order valence-electron chi connectivity index (χ2n) is 6.32. The molecule has 0 saturated heterocycles. The fourth-order valence-electron chi connectivity index (χ4n) is 2.37. The van der Waals surface area contributed by atoms with Crippen LogP contribution in [-0.2, 0) is 17.9 Å². The molecule has 1 aromatic carbocycles. The number of halogens is 1. The summed E-state index contributed by atoms with van der Waals surface area (Å²) in [5.74, 6) is 0.591. The summed E-state index contributed by atoms with van der Waals surface area (Å²) in [4.78, 5) is 29.5. The van der Waals surface area contributed by atoms with Crippen molar-refractivity contribution in [2.24, 2.45) is 4.99 Å². The molecule has 0 radical (unpaired) electrons. The Kier molecular flexibility index (Phi) is 10.3. The Morgan fingerprint density at radius 2 is 1.75 bits per heavy atom. The van der Waals surface area contributed by atoms with E-state index in [1.54, 1.807) is 37.0 Å². The molecule has 0 saturated carbocycles. The maximum absolute atomic E-state index is 11.8. The number of amides is 1. The molecular formula is C20H28IN5O2. The standard InChI is InChI=1S/C20H27N5O2.HI/c1-4-21-20(23-14-19(27)24(2)3)22-13-16-8-10-17(11-9-16)15-25-12-6-5-7-18(25)26;/h5-12H,4,13-15H2,1-3H3,(H2,21,22,23);1H. The molecule has 2 rings (SSSR count). The second-order valence-corrected chi connectivity index (χ2v) is 6.32. The number of hydrogen-bond donors (Lipinski definition) is 2. The van der Waals surface area contributed by atoms with E-state index in [1.165, 1.54) is 4.90 Å². The molecule has 8 heteroatoms. The van der Waals surface area contributed by atoms with Crippen LogP contribution in [0.25, 0.3) is 0 Å². The first-order chi connectivity index (χ1) is 13.0. The Labute approximate surface area is 182 Å². The molecule has 0 bridgehead atoms. The summed E-state index contributed by atoms with van der Waals surface area (Å²) in [7, 11) is 3.44. The number of likely N-dealkylation sites (N-methyl/N-ethyl adjacent to an activating group) is 1. The zero-order chi connectivity index (χ0) is 19.6. The largest absolute Gasteiger partial charge is 0.357 e. The van der Waals surface area contributed by atoms with Crippen LogP contribution in [0.4, 0.5) is 0 Å². The van der Waals surface area contributed by atoms with Crippen molar-refractivity contribution in [2.45, 2.75) is 20.0 Å². The van der Waals surface area contributed by atoms with Crippen LogP contribution in [-0.4, -0.2) is 48.5 Å². The number of carbonyl (C=O) groups excluding carboxylic acids is 1. The zero-order valence-electron chi connectivity index (χ0n) is 16.5. The summed E-state index contributed by atoms with van der Waals surface area (Å²) < 4.78 is 1.67. The van der Waals surface area contributed by atoms with Gasteiger partial charge in [-0.15, -0.1) is 24.0 Å². The predicted octanol–water partition coefficient (Wildman–Crippen LogP) is 1.66. The highest BCUT2D eigenvalue weighted by Crippen LogP contribution is 2.07. The number of aromatic nitrogens is 1. The Bertz CT molecular complexity index is 831. The van der Waals surface area contributed by atoms with Gasteiger partial charge in [-0.05, 0) is 24.1 Å². The van der Waals surface area contributed by atoms with Crippen LogP contribution < -0.4 is 16.2 Å². The average molecular weight is 497 g/mol. The highest BCUT2D eigenvalue weighted by atomic mass is 127. The maximum atomic E-state index is 11.8. The lowest BCUT2D eigenvalue weighted by atomic mass is 10.1. The summed E-state index contributed by atoms with van der Waals surface area (Å²) in [6, 6.07) is 13.1. The van der Waals surface area contributed by atoms with Gasteiger partial charge in [0.25, 0.3) is 5.56 Å². The van der Waals surface area contributed by atoms with E-state index in [2.05, 4.69) is 15.6 Å². The number of pyridine rings is 1. The smallest absolute Gasteiger partial charge is 0.250 e. The Morgan fingerprint density at radius 1 is 1.07 bits per heavy atom. The van der Waals surface area contributed by atoms with Crippen molar-refractivity contribution in [1.29, 1.82) is 0 Å². The number of rotatable bonds is 7. The molecule has 2 N–H and O–H groups in total. The van der Waals surface area contributed by atoms with Gasteiger partial charge in [-0.3, -0.25) is 9.59 Å². The molecule has 0 unspecified atom stereocenters. The lowest BCUT2D eigenvalue weighted by molar-refractivity contribution is -0.127. The molecule has 0 atom stereocenters. The van der Waals surface area contributed by atoms with E-state index in [0.29, 0.717) is 25.6 Å². The number of nitrogens with one attached hydrogen (secondary N) is 2. The van der Waals surface area contributed by atoms with Crippen molar-refractivity contribution in [3.8, 4) is 0 Å². The van der Waals surface area contributed by atoms with Crippen molar-refractivity contribution in [2.75, 3.05) is 27.2 Å². The van der Waals surface area contributed by atoms with E-state index < -0.39 is 0 Å². The van der Waals surface area contributed by atoms with Crippen LogP contribution in [0.5, 0.6) is 0 Å². The Balaban J connectivity index is 0.00000392. The van der Waals surface area contributed by atoms with Crippen molar-refractivity contribution >= 4 is 35.8 Å². The second kappa shape index (κ2) is 12.2. The van der Waals surface area contributed by atoms with Crippen molar-refractivity contribution in [3.05, 3.63) is 70.1 Å². The van der Waals surface area contributed by atoms with Gasteiger partial charge >= 0.3 is 0 Å². The summed E-state index contributed by atoms with van der Waals surface area (Å²) in [6.07, 6.45) is 1.78. The van der Waals surface area contributed by atoms with Crippen LogP contribution in [0.15, 0.2) is 58.4 Å². The highest BCUT2D eigenvalue weighted by molar-refractivity contribution is 14.0.